The Morgan fingerprint density at radius 2 is 1.73 bits per heavy atom. The van der Waals surface area contributed by atoms with E-state index in [0.29, 0.717) is 24.3 Å². The molecule has 210 valence electrons. The number of nitrogens with one attached hydrogen (secondary N) is 2. The highest BCUT2D eigenvalue weighted by atomic mass is 16.5. The molecule has 0 bridgehead atoms. The molecule has 0 saturated carbocycles. The Morgan fingerprint density at radius 3 is 2.33 bits per heavy atom. The first-order valence-electron chi connectivity index (χ1n) is 13.4. The molecule has 2 heterocycles. The largest absolute Gasteiger partial charge is 0.480 e. The van der Waals surface area contributed by atoms with Gasteiger partial charge in [0.15, 0.2) is 0 Å². The van der Waals surface area contributed by atoms with Gasteiger partial charge < -0.3 is 25.2 Å². The topological polar surface area (TPSA) is 142 Å². The SMILES string of the molecule is Cc1cc(CC(=O)N[C@@H](CCc2ccccc2)C(=O)N[C@H]2CC(C)N([C@@H](Cc3ccccc3)C(=O)O)C2=O)no1. The number of rotatable bonds is 12. The minimum atomic E-state index is -1.10. The third-order valence-corrected chi connectivity index (χ3v) is 7.05. The van der Waals surface area contributed by atoms with Crippen LogP contribution in [-0.2, 0) is 38.4 Å². The third kappa shape index (κ3) is 7.34. The number of carbonyl (C=O) groups is 4. The average Bonchev–Trinajstić information content (AvgIpc) is 3.46. The van der Waals surface area contributed by atoms with Gasteiger partial charge in [-0.25, -0.2) is 4.79 Å². The van der Waals surface area contributed by atoms with Gasteiger partial charge in [0.05, 0.1) is 12.1 Å². The fourth-order valence-electron chi connectivity index (χ4n) is 5.08. The van der Waals surface area contributed by atoms with E-state index < -0.39 is 47.9 Å². The quantitative estimate of drug-likeness (QED) is 0.317. The van der Waals surface area contributed by atoms with Crippen LogP contribution in [0.3, 0.4) is 0 Å². The summed E-state index contributed by atoms with van der Waals surface area (Å²) in [5, 5.41) is 19.3. The Balaban J connectivity index is 1.45. The summed E-state index contributed by atoms with van der Waals surface area (Å²) in [6.07, 6.45) is 1.21. The highest BCUT2D eigenvalue weighted by Crippen LogP contribution is 2.24. The maximum absolute atomic E-state index is 13.4. The van der Waals surface area contributed by atoms with Crippen molar-refractivity contribution in [3.05, 3.63) is 89.3 Å². The van der Waals surface area contributed by atoms with Crippen LogP contribution in [0.15, 0.2) is 71.3 Å². The molecule has 3 amide bonds. The van der Waals surface area contributed by atoms with Crippen molar-refractivity contribution in [2.24, 2.45) is 0 Å². The number of aliphatic carboxylic acids is 1. The molecule has 4 atom stereocenters. The summed E-state index contributed by atoms with van der Waals surface area (Å²) >= 11 is 0. The number of carbonyl (C=O) groups excluding carboxylic acids is 3. The molecular weight excluding hydrogens is 512 g/mol. The molecule has 0 spiro atoms. The lowest BCUT2D eigenvalue weighted by Crippen LogP contribution is -2.53. The predicted octanol–water partition coefficient (Wildman–Crippen LogP) is 2.44. The molecule has 1 aliphatic rings. The molecule has 1 aliphatic heterocycles. The van der Waals surface area contributed by atoms with Crippen molar-refractivity contribution < 1.29 is 28.8 Å². The van der Waals surface area contributed by atoms with E-state index in [2.05, 4.69) is 15.8 Å². The number of aromatic nitrogens is 1. The van der Waals surface area contributed by atoms with Gasteiger partial charge in [0.2, 0.25) is 17.7 Å². The van der Waals surface area contributed by atoms with Gasteiger partial charge >= 0.3 is 5.97 Å². The number of likely N-dealkylation sites (tertiary alicyclic amines) is 1. The molecule has 0 radical (unpaired) electrons. The number of hydrogen-bond acceptors (Lipinski definition) is 6. The molecule has 1 saturated heterocycles. The number of carboxylic acid groups (broad SMARTS) is 1. The normalized spacial score (nSPS) is 18.2. The monoisotopic (exact) mass is 546 g/mol. The standard InChI is InChI=1S/C30H34N4O6/c1-19-15-25(29(37)34(19)26(30(38)39)17-22-11-7-4-8-12-22)32-28(36)24(14-13-21-9-5-3-6-10-21)31-27(35)18-23-16-20(2)40-33-23/h3-12,16,19,24-26H,13-15,17-18H2,1-2H3,(H,31,35)(H,32,36)(H,38,39)/t19?,24-,25-,26-/m0/s1. The molecule has 40 heavy (non-hydrogen) atoms. The van der Waals surface area contributed by atoms with Crippen LogP contribution >= 0.6 is 0 Å². The van der Waals surface area contributed by atoms with E-state index >= 15 is 0 Å². The van der Waals surface area contributed by atoms with E-state index in [-0.39, 0.29) is 19.3 Å². The minimum absolute atomic E-state index is 0.0561. The molecule has 10 nitrogen and oxygen atoms in total. The fraction of sp³-hybridized carbons (Fsp3) is 0.367. The smallest absolute Gasteiger partial charge is 0.326 e. The molecule has 2 aromatic carbocycles. The first kappa shape index (κ1) is 28.5. The second-order valence-corrected chi connectivity index (χ2v) is 10.2. The van der Waals surface area contributed by atoms with E-state index in [1.807, 2.05) is 60.7 Å². The lowest BCUT2D eigenvalue weighted by molar-refractivity contribution is -0.150. The fourth-order valence-corrected chi connectivity index (χ4v) is 5.08. The van der Waals surface area contributed by atoms with Gasteiger partial charge in [-0.2, -0.15) is 0 Å². The second-order valence-electron chi connectivity index (χ2n) is 10.2. The number of nitrogens with zero attached hydrogens (tertiary/aromatic N) is 2. The minimum Gasteiger partial charge on any atom is -0.480 e. The Bertz CT molecular complexity index is 1330. The molecule has 4 rings (SSSR count). The van der Waals surface area contributed by atoms with Gasteiger partial charge in [-0.15, -0.1) is 0 Å². The summed E-state index contributed by atoms with van der Waals surface area (Å²) in [6, 6.07) is 17.1. The molecule has 10 heteroatoms. The van der Waals surface area contributed by atoms with Gasteiger partial charge in [-0.1, -0.05) is 65.8 Å². The predicted molar refractivity (Wildman–Crippen MR) is 146 cm³/mol. The lowest BCUT2D eigenvalue weighted by Gasteiger charge is -2.29. The van der Waals surface area contributed by atoms with E-state index in [9.17, 15) is 24.3 Å². The molecule has 3 aromatic rings. The van der Waals surface area contributed by atoms with Crippen LogP contribution < -0.4 is 10.6 Å². The Labute approximate surface area is 232 Å². The van der Waals surface area contributed by atoms with E-state index in [1.54, 1.807) is 19.9 Å². The van der Waals surface area contributed by atoms with Crippen molar-refractivity contribution in [2.45, 2.75) is 70.1 Å². The highest BCUT2D eigenvalue weighted by molar-refractivity contribution is 5.95. The zero-order valence-electron chi connectivity index (χ0n) is 22.6. The van der Waals surface area contributed by atoms with Crippen LogP contribution in [0.2, 0.25) is 0 Å². The molecule has 1 unspecified atom stereocenters. The molecule has 3 N–H and O–H groups in total. The maximum atomic E-state index is 13.4. The van der Waals surface area contributed by atoms with Crippen LogP contribution in [0.4, 0.5) is 0 Å². The van der Waals surface area contributed by atoms with Crippen molar-refractivity contribution in [1.82, 2.24) is 20.7 Å². The van der Waals surface area contributed by atoms with Crippen molar-refractivity contribution in [3.63, 3.8) is 0 Å². The molecule has 0 aliphatic carbocycles. The molecule has 1 aromatic heterocycles. The lowest BCUT2D eigenvalue weighted by atomic mass is 10.0. The van der Waals surface area contributed by atoms with E-state index in [4.69, 9.17) is 4.52 Å². The van der Waals surface area contributed by atoms with Crippen LogP contribution in [0.25, 0.3) is 0 Å². The van der Waals surface area contributed by atoms with Gasteiger partial charge in [0, 0.05) is 18.5 Å². The molecular formula is C30H34N4O6. The summed E-state index contributed by atoms with van der Waals surface area (Å²) in [5.41, 5.74) is 2.25. The maximum Gasteiger partial charge on any atom is 0.326 e. The number of amides is 3. The van der Waals surface area contributed by atoms with Crippen LogP contribution in [-0.4, -0.2) is 63.0 Å². The van der Waals surface area contributed by atoms with E-state index in [1.165, 1.54) is 4.90 Å². The van der Waals surface area contributed by atoms with Gasteiger partial charge in [-0.3, -0.25) is 14.4 Å². The highest BCUT2D eigenvalue weighted by Gasteiger charge is 2.44. The first-order chi connectivity index (χ1) is 19.2. The summed E-state index contributed by atoms with van der Waals surface area (Å²) in [5.74, 6) is -1.87. The Kier molecular flexibility index (Phi) is 9.31. The number of hydrogen-bond donors (Lipinski definition) is 3. The first-order valence-corrected chi connectivity index (χ1v) is 13.4. The summed E-state index contributed by atoms with van der Waals surface area (Å²) in [7, 11) is 0. The number of carboxylic acids is 1. The second kappa shape index (κ2) is 13.1. The summed E-state index contributed by atoms with van der Waals surface area (Å²) in [4.78, 5) is 53.1. The Hall–Kier alpha value is -4.47. The van der Waals surface area contributed by atoms with Crippen molar-refractivity contribution in [3.8, 4) is 0 Å². The van der Waals surface area contributed by atoms with Crippen LogP contribution in [0, 0.1) is 6.92 Å². The van der Waals surface area contributed by atoms with Crippen molar-refractivity contribution in [2.75, 3.05) is 0 Å². The van der Waals surface area contributed by atoms with Gasteiger partial charge in [0.25, 0.3) is 0 Å². The molecule has 1 fully saturated rings. The van der Waals surface area contributed by atoms with Crippen molar-refractivity contribution in [1.29, 1.82) is 0 Å². The number of benzene rings is 2. The number of aryl methyl sites for hydroxylation is 2. The average molecular weight is 547 g/mol. The van der Waals surface area contributed by atoms with Gasteiger partial charge in [-0.05, 0) is 44.2 Å². The van der Waals surface area contributed by atoms with Gasteiger partial charge in [0.1, 0.15) is 23.9 Å². The summed E-state index contributed by atoms with van der Waals surface area (Å²) < 4.78 is 5.02. The van der Waals surface area contributed by atoms with Crippen LogP contribution in [0.1, 0.15) is 42.3 Å². The summed E-state index contributed by atoms with van der Waals surface area (Å²) in [6.45, 7) is 3.50. The van der Waals surface area contributed by atoms with Crippen molar-refractivity contribution >= 4 is 23.7 Å². The third-order valence-electron chi connectivity index (χ3n) is 7.05. The zero-order valence-corrected chi connectivity index (χ0v) is 22.6. The van der Waals surface area contributed by atoms with Crippen LogP contribution in [0.5, 0.6) is 0 Å². The van der Waals surface area contributed by atoms with E-state index in [0.717, 1.165) is 11.1 Å². The zero-order chi connectivity index (χ0) is 28.6. The Morgan fingerprint density at radius 1 is 1.07 bits per heavy atom.